The van der Waals surface area contributed by atoms with Crippen LogP contribution in [0.15, 0.2) is 24.3 Å². The number of allylic oxidation sites excluding steroid dienone is 3. The van der Waals surface area contributed by atoms with Gasteiger partial charge >= 0.3 is 0 Å². The highest BCUT2D eigenvalue weighted by Gasteiger charge is 1.76. The summed E-state index contributed by atoms with van der Waals surface area (Å²) in [6, 6.07) is 0. The molecular formula is C7H7O3-. The Balaban J connectivity index is 3.73. The minimum Gasteiger partial charge on any atom is -0.545 e. The number of hydrogen-bond donors (Lipinski definition) is 0. The normalized spacial score (nSPS) is 10.9. The second-order valence-electron chi connectivity index (χ2n) is 1.65. The van der Waals surface area contributed by atoms with Crippen LogP contribution in [0.4, 0.5) is 0 Å². The third-order valence-electron chi connectivity index (χ3n) is 0.674. The molecule has 0 fully saturated rings. The van der Waals surface area contributed by atoms with E-state index in [2.05, 4.69) is 0 Å². The Labute approximate surface area is 58.7 Å². The highest BCUT2D eigenvalue weighted by atomic mass is 16.4. The molecule has 0 rings (SSSR count). The van der Waals surface area contributed by atoms with Gasteiger partial charge in [0.05, 0.1) is 5.97 Å². The van der Waals surface area contributed by atoms with Crippen LogP contribution in [-0.2, 0) is 9.59 Å². The summed E-state index contributed by atoms with van der Waals surface area (Å²) in [5, 5.41) is 9.73. The topological polar surface area (TPSA) is 57.2 Å². The maximum absolute atomic E-state index is 10.2. The Morgan fingerprint density at radius 1 is 1.20 bits per heavy atom. The fourth-order valence-electron chi connectivity index (χ4n) is 0.325. The van der Waals surface area contributed by atoms with Gasteiger partial charge < -0.3 is 9.90 Å². The number of rotatable bonds is 3. The molecule has 10 heavy (non-hydrogen) atoms. The highest BCUT2D eigenvalue weighted by Crippen LogP contribution is 1.77. The predicted molar refractivity (Wildman–Crippen MR) is 34.0 cm³/mol. The van der Waals surface area contributed by atoms with Crippen molar-refractivity contribution in [2.24, 2.45) is 0 Å². The standard InChI is InChI=1S/C7H8O3/c1-6(8)4-2-3-5-7(9)10/h2-5H,1H3,(H,9,10)/p-1/b4-2+,5-3+. The molecule has 0 aromatic rings. The van der Waals surface area contributed by atoms with Gasteiger partial charge in [0.15, 0.2) is 5.78 Å². The molecule has 3 nitrogen and oxygen atoms in total. The molecule has 0 bridgehead atoms. The van der Waals surface area contributed by atoms with Crippen molar-refractivity contribution in [1.82, 2.24) is 0 Å². The van der Waals surface area contributed by atoms with Crippen molar-refractivity contribution in [3.8, 4) is 0 Å². The molecule has 0 heterocycles. The lowest BCUT2D eigenvalue weighted by atomic mass is 10.3. The van der Waals surface area contributed by atoms with Crippen LogP contribution in [0, 0.1) is 0 Å². The smallest absolute Gasteiger partial charge is 0.152 e. The van der Waals surface area contributed by atoms with Crippen molar-refractivity contribution in [2.45, 2.75) is 6.92 Å². The summed E-state index contributed by atoms with van der Waals surface area (Å²) in [5.41, 5.74) is 0. The molecule has 0 radical (unpaired) electrons. The molecular weight excluding hydrogens is 132 g/mol. The first-order valence-corrected chi connectivity index (χ1v) is 2.69. The van der Waals surface area contributed by atoms with Gasteiger partial charge in [-0.2, -0.15) is 0 Å². The largest absolute Gasteiger partial charge is 0.545 e. The van der Waals surface area contributed by atoms with E-state index in [1.165, 1.54) is 25.2 Å². The van der Waals surface area contributed by atoms with E-state index < -0.39 is 5.97 Å². The molecule has 0 atom stereocenters. The lowest BCUT2D eigenvalue weighted by molar-refractivity contribution is -0.297. The Hall–Kier alpha value is -1.38. The van der Waals surface area contributed by atoms with Crippen molar-refractivity contribution < 1.29 is 14.7 Å². The van der Waals surface area contributed by atoms with Gasteiger partial charge in [-0.25, -0.2) is 0 Å². The first-order valence-electron chi connectivity index (χ1n) is 2.69. The summed E-state index contributed by atoms with van der Waals surface area (Å²) in [5.74, 6) is -1.39. The van der Waals surface area contributed by atoms with Gasteiger partial charge in [0, 0.05) is 0 Å². The average Bonchev–Trinajstić information content (AvgIpc) is 1.79. The van der Waals surface area contributed by atoms with Crippen LogP contribution in [0.5, 0.6) is 0 Å². The van der Waals surface area contributed by atoms with E-state index in [9.17, 15) is 14.7 Å². The highest BCUT2D eigenvalue weighted by molar-refractivity contribution is 5.87. The zero-order valence-electron chi connectivity index (χ0n) is 5.53. The summed E-state index contributed by atoms with van der Waals surface area (Å²) in [7, 11) is 0. The molecule has 0 amide bonds. The number of carboxylic acid groups (broad SMARTS) is 1. The van der Waals surface area contributed by atoms with Gasteiger partial charge in [0.25, 0.3) is 0 Å². The van der Waals surface area contributed by atoms with Crippen molar-refractivity contribution in [3.63, 3.8) is 0 Å². The Morgan fingerprint density at radius 2 is 1.70 bits per heavy atom. The summed E-state index contributed by atoms with van der Waals surface area (Å²) in [6.07, 6.45) is 4.69. The van der Waals surface area contributed by atoms with Crippen molar-refractivity contribution >= 4 is 11.8 Å². The average molecular weight is 139 g/mol. The van der Waals surface area contributed by atoms with Crippen LogP contribution in [0.25, 0.3) is 0 Å². The number of hydrogen-bond acceptors (Lipinski definition) is 3. The Bertz CT molecular complexity index is 167. The summed E-state index contributed by atoms with van der Waals surface area (Å²) in [4.78, 5) is 19.9. The third-order valence-corrected chi connectivity index (χ3v) is 0.674. The van der Waals surface area contributed by atoms with Gasteiger partial charge in [0.2, 0.25) is 0 Å². The predicted octanol–water partition coefficient (Wildman–Crippen LogP) is -0.562. The lowest BCUT2D eigenvalue weighted by Gasteiger charge is -1.85. The van der Waals surface area contributed by atoms with E-state index in [0.29, 0.717) is 0 Å². The quantitative estimate of drug-likeness (QED) is 0.389. The maximum atomic E-state index is 10.2. The van der Waals surface area contributed by atoms with E-state index in [0.717, 1.165) is 6.08 Å². The molecule has 54 valence electrons. The molecule has 0 aromatic heterocycles. The van der Waals surface area contributed by atoms with E-state index in [1.54, 1.807) is 0 Å². The van der Waals surface area contributed by atoms with E-state index >= 15 is 0 Å². The summed E-state index contributed by atoms with van der Waals surface area (Å²) in [6.45, 7) is 1.38. The number of ketones is 1. The summed E-state index contributed by atoms with van der Waals surface area (Å²) >= 11 is 0. The fraction of sp³-hybridized carbons (Fsp3) is 0.143. The monoisotopic (exact) mass is 139 g/mol. The minimum absolute atomic E-state index is 0.122. The molecule has 0 aliphatic rings. The van der Waals surface area contributed by atoms with Gasteiger partial charge in [-0.1, -0.05) is 12.2 Å². The minimum atomic E-state index is -1.27. The molecule has 0 saturated heterocycles. The molecule has 0 aliphatic carbocycles. The zero-order valence-corrected chi connectivity index (χ0v) is 5.53. The van der Waals surface area contributed by atoms with Crippen molar-refractivity contribution in [1.29, 1.82) is 0 Å². The van der Waals surface area contributed by atoms with Gasteiger partial charge in [0.1, 0.15) is 0 Å². The first-order chi connectivity index (χ1) is 4.63. The van der Waals surface area contributed by atoms with Gasteiger partial charge in [-0.15, -0.1) is 0 Å². The SMILES string of the molecule is CC(=O)/C=C/C=C/C(=O)[O-]. The first kappa shape index (κ1) is 8.62. The van der Waals surface area contributed by atoms with E-state index in [4.69, 9.17) is 0 Å². The second-order valence-corrected chi connectivity index (χ2v) is 1.65. The Kier molecular flexibility index (Phi) is 3.87. The van der Waals surface area contributed by atoms with Crippen molar-refractivity contribution in [2.75, 3.05) is 0 Å². The molecule has 0 spiro atoms. The van der Waals surface area contributed by atoms with Crippen molar-refractivity contribution in [3.05, 3.63) is 24.3 Å². The van der Waals surface area contributed by atoms with Crippen LogP contribution in [0.3, 0.4) is 0 Å². The molecule has 0 N–H and O–H groups in total. The molecule has 0 aromatic carbocycles. The van der Waals surface area contributed by atoms with Crippen LogP contribution >= 0.6 is 0 Å². The summed E-state index contributed by atoms with van der Waals surface area (Å²) < 4.78 is 0. The number of carbonyl (C=O) groups is 2. The van der Waals surface area contributed by atoms with Gasteiger partial charge in [-0.3, -0.25) is 4.79 Å². The van der Waals surface area contributed by atoms with E-state index in [-0.39, 0.29) is 5.78 Å². The van der Waals surface area contributed by atoms with Crippen LogP contribution in [0.2, 0.25) is 0 Å². The molecule has 0 saturated carbocycles. The molecule has 3 heteroatoms. The lowest BCUT2D eigenvalue weighted by Crippen LogP contribution is -2.18. The number of carboxylic acids is 1. The Morgan fingerprint density at radius 3 is 2.10 bits per heavy atom. The van der Waals surface area contributed by atoms with E-state index in [1.807, 2.05) is 0 Å². The fourth-order valence-corrected chi connectivity index (χ4v) is 0.325. The molecule has 0 unspecified atom stereocenters. The number of aliphatic carboxylic acids is 1. The second kappa shape index (κ2) is 4.49. The van der Waals surface area contributed by atoms with Crippen LogP contribution < -0.4 is 5.11 Å². The van der Waals surface area contributed by atoms with Crippen LogP contribution in [0.1, 0.15) is 6.92 Å². The maximum Gasteiger partial charge on any atom is 0.152 e. The zero-order chi connectivity index (χ0) is 7.98. The van der Waals surface area contributed by atoms with Crippen LogP contribution in [-0.4, -0.2) is 11.8 Å². The molecule has 0 aliphatic heterocycles. The van der Waals surface area contributed by atoms with Gasteiger partial charge in [-0.05, 0) is 19.1 Å². The third kappa shape index (κ3) is 6.62. The number of carbonyl (C=O) groups excluding carboxylic acids is 2.